The van der Waals surface area contributed by atoms with Crippen LogP contribution in [-0.2, 0) is 11.0 Å². The summed E-state index contributed by atoms with van der Waals surface area (Å²) in [7, 11) is -1.09. The van der Waals surface area contributed by atoms with Gasteiger partial charge in [0, 0.05) is 41.0 Å². The summed E-state index contributed by atoms with van der Waals surface area (Å²) in [6, 6.07) is 11.0. The average molecular weight is 375 g/mol. The molecule has 0 saturated heterocycles. The van der Waals surface area contributed by atoms with Crippen LogP contribution in [0.1, 0.15) is 18.5 Å². The van der Waals surface area contributed by atoms with E-state index < -0.39 is 11.0 Å². The molecule has 2 heterocycles. The van der Waals surface area contributed by atoms with Gasteiger partial charge in [0.25, 0.3) is 0 Å². The van der Waals surface area contributed by atoms with E-state index in [1.54, 1.807) is 17.8 Å². The summed E-state index contributed by atoms with van der Waals surface area (Å²) in [4.78, 5) is 4.04. The van der Waals surface area contributed by atoms with E-state index in [-0.39, 0.29) is 11.9 Å². The van der Waals surface area contributed by atoms with Crippen molar-refractivity contribution < 1.29 is 8.60 Å². The van der Waals surface area contributed by atoms with Crippen LogP contribution in [0.2, 0.25) is 0 Å². The third kappa shape index (κ3) is 2.82. The van der Waals surface area contributed by atoms with Crippen molar-refractivity contribution in [3.63, 3.8) is 0 Å². The van der Waals surface area contributed by atoms with E-state index in [9.17, 15) is 8.60 Å². The van der Waals surface area contributed by atoms with Crippen LogP contribution < -0.4 is 0 Å². The van der Waals surface area contributed by atoms with E-state index in [0.29, 0.717) is 0 Å². The van der Waals surface area contributed by atoms with Crippen LogP contribution in [0.25, 0.3) is 22.0 Å². The van der Waals surface area contributed by atoms with E-state index in [2.05, 4.69) is 28.5 Å². The van der Waals surface area contributed by atoms with Crippen LogP contribution in [0.4, 0.5) is 4.39 Å². The fraction of sp³-hybridized carbons (Fsp3) is 0.263. The van der Waals surface area contributed by atoms with Crippen LogP contribution in [0, 0.1) is 5.82 Å². The first-order chi connectivity index (χ1) is 12.1. The fourth-order valence-electron chi connectivity index (χ4n) is 3.42. The normalized spacial score (nSPS) is 20.3. The first-order valence-electron chi connectivity index (χ1n) is 8.18. The molecule has 1 aromatic heterocycles. The standard InChI is InChI=1S/C19H19FN2OS2/c1-12-16-9-13(3-6-19(16)25(23)22(12)7-8-24-2)17-11-21-18-10-14(20)4-5-15(17)18/h3-6,9-12,21H,7-8H2,1-2H3. The summed E-state index contributed by atoms with van der Waals surface area (Å²) in [6.07, 6.45) is 3.97. The minimum atomic E-state index is -1.09. The second-order valence-corrected chi connectivity index (χ2v) is 8.60. The molecule has 3 aromatic rings. The Labute approximate surface area is 153 Å². The number of hydrogen-bond donors (Lipinski definition) is 1. The topological polar surface area (TPSA) is 36.1 Å². The van der Waals surface area contributed by atoms with Gasteiger partial charge in [0.2, 0.25) is 0 Å². The van der Waals surface area contributed by atoms with E-state index in [1.165, 1.54) is 12.1 Å². The summed E-state index contributed by atoms with van der Waals surface area (Å²) in [5.41, 5.74) is 4.01. The van der Waals surface area contributed by atoms with Crippen LogP contribution in [0.15, 0.2) is 47.5 Å². The van der Waals surface area contributed by atoms with E-state index in [4.69, 9.17) is 0 Å². The van der Waals surface area contributed by atoms with E-state index in [0.717, 1.165) is 44.8 Å². The van der Waals surface area contributed by atoms with Gasteiger partial charge in [-0.25, -0.2) is 12.9 Å². The monoisotopic (exact) mass is 374 g/mol. The number of hydrogen-bond acceptors (Lipinski definition) is 2. The van der Waals surface area contributed by atoms with Gasteiger partial charge in [-0.3, -0.25) is 0 Å². The minimum Gasteiger partial charge on any atom is -0.360 e. The molecular formula is C19H19FN2OS2. The molecule has 0 fully saturated rings. The molecule has 130 valence electrons. The first-order valence-corrected chi connectivity index (χ1v) is 10.7. The molecule has 3 nitrogen and oxygen atoms in total. The molecule has 25 heavy (non-hydrogen) atoms. The lowest BCUT2D eigenvalue weighted by atomic mass is 9.99. The number of halogens is 1. The number of nitrogens with one attached hydrogen (secondary N) is 1. The van der Waals surface area contributed by atoms with Crippen molar-refractivity contribution in [3.05, 3.63) is 54.0 Å². The van der Waals surface area contributed by atoms with Crippen molar-refractivity contribution in [2.45, 2.75) is 17.9 Å². The number of benzene rings is 2. The van der Waals surface area contributed by atoms with Gasteiger partial charge in [0.15, 0.2) is 0 Å². The molecule has 1 aliphatic heterocycles. The van der Waals surface area contributed by atoms with Crippen molar-refractivity contribution in [1.82, 2.24) is 9.29 Å². The average Bonchev–Trinajstić information content (AvgIpc) is 3.13. The van der Waals surface area contributed by atoms with Crippen LogP contribution in [0.5, 0.6) is 0 Å². The predicted molar refractivity (Wildman–Crippen MR) is 104 cm³/mol. The Morgan fingerprint density at radius 3 is 2.92 bits per heavy atom. The third-order valence-corrected chi connectivity index (χ3v) is 7.03. The fourth-order valence-corrected chi connectivity index (χ4v) is 5.44. The highest BCUT2D eigenvalue weighted by atomic mass is 32.2. The van der Waals surface area contributed by atoms with Gasteiger partial charge in [-0.2, -0.15) is 11.8 Å². The van der Waals surface area contributed by atoms with Gasteiger partial charge < -0.3 is 4.98 Å². The molecule has 0 saturated carbocycles. The summed E-state index contributed by atoms with van der Waals surface area (Å²) in [5.74, 6) is 0.716. The lowest BCUT2D eigenvalue weighted by Crippen LogP contribution is -2.25. The Hall–Kier alpha value is -1.63. The summed E-state index contributed by atoms with van der Waals surface area (Å²) in [6.45, 7) is 2.92. The maximum Gasteiger partial charge on any atom is 0.128 e. The second kappa shape index (κ2) is 6.59. The van der Waals surface area contributed by atoms with Gasteiger partial charge in [-0.1, -0.05) is 6.07 Å². The number of thioether (sulfide) groups is 1. The van der Waals surface area contributed by atoms with Crippen molar-refractivity contribution in [1.29, 1.82) is 0 Å². The quantitative estimate of drug-likeness (QED) is 0.716. The molecule has 4 rings (SSSR count). The minimum absolute atomic E-state index is 0.130. The zero-order valence-corrected chi connectivity index (χ0v) is 15.7. The van der Waals surface area contributed by atoms with Gasteiger partial charge in [-0.15, -0.1) is 0 Å². The Kier molecular flexibility index (Phi) is 4.43. The highest BCUT2D eigenvalue weighted by Crippen LogP contribution is 2.40. The maximum atomic E-state index is 13.4. The molecule has 0 radical (unpaired) electrons. The zero-order chi connectivity index (χ0) is 17.6. The number of nitrogens with zero attached hydrogens (tertiary/aromatic N) is 1. The Morgan fingerprint density at radius 2 is 2.12 bits per heavy atom. The van der Waals surface area contributed by atoms with Gasteiger partial charge >= 0.3 is 0 Å². The maximum absolute atomic E-state index is 13.4. The molecule has 0 spiro atoms. The third-order valence-electron chi connectivity index (χ3n) is 4.76. The molecule has 2 atom stereocenters. The van der Waals surface area contributed by atoms with Gasteiger partial charge in [0.05, 0.1) is 4.90 Å². The Morgan fingerprint density at radius 1 is 1.28 bits per heavy atom. The number of aromatic nitrogens is 1. The highest BCUT2D eigenvalue weighted by Gasteiger charge is 2.33. The molecule has 1 aliphatic rings. The SMILES string of the molecule is CSCCN1C(C)c2cc(-c3c[nH]c4cc(F)ccc34)ccc2S1=O. The van der Waals surface area contributed by atoms with Crippen molar-refractivity contribution in [2.75, 3.05) is 18.6 Å². The molecule has 2 aromatic carbocycles. The van der Waals surface area contributed by atoms with Crippen molar-refractivity contribution in [3.8, 4) is 11.1 Å². The summed E-state index contributed by atoms with van der Waals surface area (Å²) < 4.78 is 28.2. The predicted octanol–water partition coefficient (Wildman–Crippen LogP) is 4.74. The van der Waals surface area contributed by atoms with Crippen molar-refractivity contribution in [2.24, 2.45) is 0 Å². The van der Waals surface area contributed by atoms with E-state index >= 15 is 0 Å². The number of fused-ring (bicyclic) bond motifs is 2. The molecule has 2 unspecified atom stereocenters. The number of rotatable bonds is 4. The lowest BCUT2D eigenvalue weighted by Gasteiger charge is -2.18. The first kappa shape index (κ1) is 16.8. The van der Waals surface area contributed by atoms with Crippen LogP contribution >= 0.6 is 11.8 Å². The zero-order valence-electron chi connectivity index (χ0n) is 14.1. The molecular weight excluding hydrogens is 355 g/mol. The van der Waals surface area contributed by atoms with E-state index in [1.807, 2.05) is 18.3 Å². The lowest BCUT2D eigenvalue weighted by molar-refractivity contribution is 0.400. The Balaban J connectivity index is 1.75. The second-order valence-electron chi connectivity index (χ2n) is 6.20. The summed E-state index contributed by atoms with van der Waals surface area (Å²) >= 11 is 1.76. The summed E-state index contributed by atoms with van der Waals surface area (Å²) in [5, 5.41) is 0.993. The molecule has 6 heteroatoms. The molecule has 0 aliphatic carbocycles. The number of H-pyrrole nitrogens is 1. The highest BCUT2D eigenvalue weighted by molar-refractivity contribution is 7.98. The Bertz CT molecular complexity index is 969. The van der Waals surface area contributed by atoms with Gasteiger partial charge in [0.1, 0.15) is 16.8 Å². The molecule has 1 N–H and O–H groups in total. The van der Waals surface area contributed by atoms with Gasteiger partial charge in [-0.05, 0) is 54.6 Å². The van der Waals surface area contributed by atoms with Crippen LogP contribution in [0.3, 0.4) is 0 Å². The molecule has 0 bridgehead atoms. The number of aromatic amines is 1. The smallest absolute Gasteiger partial charge is 0.128 e. The largest absolute Gasteiger partial charge is 0.360 e. The molecule has 0 amide bonds. The van der Waals surface area contributed by atoms with Crippen LogP contribution in [-0.4, -0.2) is 32.1 Å². The van der Waals surface area contributed by atoms with Crippen molar-refractivity contribution >= 4 is 33.7 Å².